The average molecular weight is 298 g/mol. The molecule has 0 spiro atoms. The van der Waals surface area contributed by atoms with Crippen molar-refractivity contribution in [1.29, 1.82) is 0 Å². The number of rotatable bonds is 3. The Morgan fingerprint density at radius 3 is 1.30 bits per heavy atom. The molecule has 112 valence electrons. The van der Waals surface area contributed by atoms with Gasteiger partial charge in [0.1, 0.15) is 6.17 Å². The Balaban J connectivity index is 1.78. The smallest absolute Gasteiger partial charge is 0.136 e. The molecule has 0 atom stereocenters. The first kappa shape index (κ1) is 13.6. The molecule has 2 nitrogen and oxygen atoms in total. The molecule has 1 aliphatic rings. The van der Waals surface area contributed by atoms with Crippen LogP contribution in [0.3, 0.4) is 0 Å². The maximum absolute atomic E-state index is 2.31. The van der Waals surface area contributed by atoms with E-state index in [1.54, 1.807) is 0 Å². The number of anilines is 2. The highest BCUT2D eigenvalue weighted by Crippen LogP contribution is 2.37. The number of hydrogen-bond donors (Lipinski definition) is 0. The van der Waals surface area contributed by atoms with Crippen molar-refractivity contribution >= 4 is 11.4 Å². The second kappa shape index (κ2) is 6.01. The largest absolute Gasteiger partial charge is 0.321 e. The van der Waals surface area contributed by atoms with Crippen LogP contribution in [-0.2, 0) is 0 Å². The number of hydrogen-bond acceptors (Lipinski definition) is 2. The van der Waals surface area contributed by atoms with E-state index in [1.807, 2.05) is 0 Å². The van der Waals surface area contributed by atoms with E-state index >= 15 is 0 Å². The van der Waals surface area contributed by atoms with Crippen LogP contribution in [0, 0.1) is 0 Å². The SMILES string of the molecule is C1=CN(c2ccccc2)C(c2ccccc2)N1c1ccccc1. The van der Waals surface area contributed by atoms with E-state index < -0.39 is 0 Å². The Kier molecular flexibility index (Phi) is 3.57. The van der Waals surface area contributed by atoms with Gasteiger partial charge in [0.15, 0.2) is 0 Å². The van der Waals surface area contributed by atoms with E-state index in [-0.39, 0.29) is 6.17 Å². The summed E-state index contributed by atoms with van der Waals surface area (Å²) in [6.45, 7) is 0. The molecule has 0 saturated heterocycles. The van der Waals surface area contributed by atoms with Gasteiger partial charge in [0.25, 0.3) is 0 Å². The Morgan fingerprint density at radius 2 is 0.870 bits per heavy atom. The third kappa shape index (κ3) is 2.59. The van der Waals surface area contributed by atoms with Gasteiger partial charge in [0.05, 0.1) is 0 Å². The molecule has 3 aromatic carbocycles. The van der Waals surface area contributed by atoms with Gasteiger partial charge in [-0.2, -0.15) is 0 Å². The van der Waals surface area contributed by atoms with Gasteiger partial charge in [-0.1, -0.05) is 66.7 Å². The zero-order valence-corrected chi connectivity index (χ0v) is 12.8. The van der Waals surface area contributed by atoms with Crippen LogP contribution in [0.15, 0.2) is 103 Å². The molecule has 4 rings (SSSR count). The average Bonchev–Trinajstić information content (AvgIpc) is 3.09. The predicted molar refractivity (Wildman–Crippen MR) is 96.2 cm³/mol. The first-order chi connectivity index (χ1) is 11.4. The molecule has 0 amide bonds. The first-order valence-corrected chi connectivity index (χ1v) is 7.83. The van der Waals surface area contributed by atoms with E-state index in [9.17, 15) is 0 Å². The van der Waals surface area contributed by atoms with Crippen LogP contribution >= 0.6 is 0 Å². The van der Waals surface area contributed by atoms with Crippen LogP contribution in [0.4, 0.5) is 11.4 Å². The molecular weight excluding hydrogens is 280 g/mol. The van der Waals surface area contributed by atoms with E-state index in [0.717, 1.165) is 0 Å². The molecule has 0 saturated carbocycles. The third-order valence-corrected chi connectivity index (χ3v) is 4.12. The van der Waals surface area contributed by atoms with Gasteiger partial charge in [-0.25, -0.2) is 0 Å². The first-order valence-electron chi connectivity index (χ1n) is 7.83. The van der Waals surface area contributed by atoms with Crippen LogP contribution in [0.2, 0.25) is 0 Å². The molecule has 1 heterocycles. The van der Waals surface area contributed by atoms with Crippen LogP contribution in [0.5, 0.6) is 0 Å². The molecule has 0 aliphatic carbocycles. The molecular formula is C21H18N2. The lowest BCUT2D eigenvalue weighted by Gasteiger charge is -2.33. The second-order valence-corrected chi connectivity index (χ2v) is 5.57. The summed E-state index contributed by atoms with van der Waals surface area (Å²) in [5.41, 5.74) is 3.65. The molecule has 23 heavy (non-hydrogen) atoms. The minimum Gasteiger partial charge on any atom is -0.321 e. The fourth-order valence-corrected chi connectivity index (χ4v) is 3.04. The maximum atomic E-state index is 2.31. The molecule has 2 heteroatoms. The minimum atomic E-state index is 0.126. The van der Waals surface area contributed by atoms with Crippen LogP contribution in [0.1, 0.15) is 11.7 Å². The topological polar surface area (TPSA) is 6.48 Å². The highest BCUT2D eigenvalue weighted by molar-refractivity contribution is 5.62. The Bertz CT molecular complexity index is 732. The zero-order chi connectivity index (χ0) is 15.5. The van der Waals surface area contributed by atoms with Gasteiger partial charge < -0.3 is 9.80 Å². The highest BCUT2D eigenvalue weighted by atomic mass is 15.4. The fourth-order valence-electron chi connectivity index (χ4n) is 3.04. The van der Waals surface area contributed by atoms with Crippen molar-refractivity contribution in [2.45, 2.75) is 6.17 Å². The lowest BCUT2D eigenvalue weighted by atomic mass is 10.1. The normalized spacial score (nSPS) is 14.4. The van der Waals surface area contributed by atoms with Crippen LogP contribution in [0.25, 0.3) is 0 Å². The van der Waals surface area contributed by atoms with Gasteiger partial charge in [0, 0.05) is 23.8 Å². The fraction of sp³-hybridized carbons (Fsp3) is 0.0476. The Morgan fingerprint density at radius 1 is 0.478 bits per heavy atom. The van der Waals surface area contributed by atoms with Crippen LogP contribution < -0.4 is 9.80 Å². The summed E-state index contributed by atoms with van der Waals surface area (Å²) in [4.78, 5) is 4.62. The summed E-state index contributed by atoms with van der Waals surface area (Å²) in [6, 6.07) is 31.6. The number of para-hydroxylation sites is 2. The molecule has 0 unspecified atom stereocenters. The molecule has 0 bridgehead atoms. The van der Waals surface area contributed by atoms with Gasteiger partial charge in [-0.3, -0.25) is 0 Å². The summed E-state index contributed by atoms with van der Waals surface area (Å²) >= 11 is 0. The lowest BCUT2D eigenvalue weighted by Crippen LogP contribution is -2.30. The van der Waals surface area contributed by atoms with E-state index in [4.69, 9.17) is 0 Å². The van der Waals surface area contributed by atoms with Gasteiger partial charge in [-0.15, -0.1) is 0 Å². The van der Waals surface area contributed by atoms with Crippen molar-refractivity contribution in [2.24, 2.45) is 0 Å². The monoisotopic (exact) mass is 298 g/mol. The van der Waals surface area contributed by atoms with Crippen molar-refractivity contribution in [1.82, 2.24) is 0 Å². The van der Waals surface area contributed by atoms with Crippen molar-refractivity contribution in [3.8, 4) is 0 Å². The summed E-state index contributed by atoms with van der Waals surface area (Å²) in [7, 11) is 0. The third-order valence-electron chi connectivity index (χ3n) is 4.12. The van der Waals surface area contributed by atoms with Crippen molar-refractivity contribution in [3.63, 3.8) is 0 Å². The highest BCUT2D eigenvalue weighted by Gasteiger charge is 2.29. The number of nitrogens with zero attached hydrogens (tertiary/aromatic N) is 2. The van der Waals surface area contributed by atoms with Gasteiger partial charge in [0.2, 0.25) is 0 Å². The predicted octanol–water partition coefficient (Wildman–Crippen LogP) is 5.18. The molecule has 1 aliphatic heterocycles. The van der Waals surface area contributed by atoms with Crippen molar-refractivity contribution in [3.05, 3.63) is 109 Å². The molecule has 0 N–H and O–H groups in total. The second-order valence-electron chi connectivity index (χ2n) is 5.57. The summed E-state index contributed by atoms with van der Waals surface area (Å²) in [5.74, 6) is 0. The number of benzene rings is 3. The lowest BCUT2D eigenvalue weighted by molar-refractivity contribution is 0.735. The molecule has 0 fully saturated rings. The van der Waals surface area contributed by atoms with E-state index in [2.05, 4.69) is 113 Å². The summed E-state index contributed by atoms with van der Waals surface area (Å²) < 4.78 is 0. The van der Waals surface area contributed by atoms with E-state index in [1.165, 1.54) is 16.9 Å². The zero-order valence-electron chi connectivity index (χ0n) is 12.8. The molecule has 3 aromatic rings. The van der Waals surface area contributed by atoms with Gasteiger partial charge in [-0.05, 0) is 29.8 Å². The maximum Gasteiger partial charge on any atom is 0.136 e. The Hall–Kier alpha value is -3.00. The van der Waals surface area contributed by atoms with Crippen molar-refractivity contribution < 1.29 is 0 Å². The molecule has 0 radical (unpaired) electrons. The molecule has 0 aromatic heterocycles. The minimum absolute atomic E-state index is 0.126. The Labute approximate surface area is 136 Å². The van der Waals surface area contributed by atoms with E-state index in [0.29, 0.717) is 0 Å². The summed E-state index contributed by atoms with van der Waals surface area (Å²) in [5, 5.41) is 0. The summed E-state index contributed by atoms with van der Waals surface area (Å²) in [6.07, 6.45) is 4.43. The van der Waals surface area contributed by atoms with Crippen molar-refractivity contribution in [2.75, 3.05) is 9.80 Å². The van der Waals surface area contributed by atoms with Gasteiger partial charge >= 0.3 is 0 Å². The van der Waals surface area contributed by atoms with Crippen LogP contribution in [-0.4, -0.2) is 0 Å². The quantitative estimate of drug-likeness (QED) is 0.657. The standard InChI is InChI=1S/C21H18N2/c1-4-10-18(11-5-1)21-22(19-12-6-2-7-13-19)16-17-23(21)20-14-8-3-9-15-20/h1-17,21H.